The molecule has 0 aliphatic heterocycles. The fourth-order valence-corrected chi connectivity index (χ4v) is 1.38. The lowest BCUT2D eigenvalue weighted by Crippen LogP contribution is -2.26. The van der Waals surface area contributed by atoms with Crippen LogP contribution in [0, 0.1) is 6.92 Å². The van der Waals surface area contributed by atoms with Crippen LogP contribution in [0.25, 0.3) is 0 Å². The number of aldehydes is 1. The van der Waals surface area contributed by atoms with Gasteiger partial charge in [0.2, 0.25) is 0 Å². The maximum absolute atomic E-state index is 10.8. The van der Waals surface area contributed by atoms with E-state index in [0.717, 1.165) is 5.56 Å². The van der Waals surface area contributed by atoms with Crippen LogP contribution in [-0.2, 0) is 4.79 Å². The van der Waals surface area contributed by atoms with E-state index in [1.54, 1.807) is 32.0 Å². The van der Waals surface area contributed by atoms with Gasteiger partial charge in [-0.2, -0.15) is 0 Å². The molecule has 0 heterocycles. The molecule has 0 fully saturated rings. The zero-order chi connectivity index (χ0) is 12.1. The normalized spacial score (nSPS) is 11.9. The van der Waals surface area contributed by atoms with Gasteiger partial charge in [-0.15, -0.1) is 0 Å². The fraction of sp³-hybridized carbons (Fsp3) is 0.333. The molecule has 0 saturated carbocycles. The van der Waals surface area contributed by atoms with Crippen molar-refractivity contribution in [3.63, 3.8) is 0 Å². The number of hydrogen-bond donors (Lipinski definition) is 1. The molecule has 0 bridgehead atoms. The minimum atomic E-state index is -1.03. The molecule has 0 saturated heterocycles. The molecule has 1 rings (SSSR count). The molecule has 1 aromatic carbocycles. The van der Waals surface area contributed by atoms with E-state index in [0.29, 0.717) is 24.0 Å². The smallest absolute Gasteiger partial charge is 0.344 e. The second kappa shape index (κ2) is 5.30. The lowest BCUT2D eigenvalue weighted by atomic mass is 10.1. The number of carboxylic acid groups (broad SMARTS) is 1. The summed E-state index contributed by atoms with van der Waals surface area (Å²) >= 11 is 0. The van der Waals surface area contributed by atoms with E-state index < -0.39 is 12.1 Å². The van der Waals surface area contributed by atoms with Gasteiger partial charge < -0.3 is 9.84 Å². The lowest BCUT2D eigenvalue weighted by molar-refractivity contribution is -0.145. The molecule has 0 spiro atoms. The second-order valence-electron chi connectivity index (χ2n) is 3.46. The summed E-state index contributed by atoms with van der Waals surface area (Å²) in [6.07, 6.45) is 0.0959. The Bertz CT molecular complexity index is 398. The van der Waals surface area contributed by atoms with Crippen molar-refractivity contribution in [1.82, 2.24) is 0 Å². The minimum Gasteiger partial charge on any atom is -0.479 e. The molecule has 0 radical (unpaired) electrons. The molecule has 86 valence electrons. The van der Waals surface area contributed by atoms with Gasteiger partial charge in [-0.1, -0.05) is 19.1 Å². The highest BCUT2D eigenvalue weighted by molar-refractivity contribution is 5.81. The van der Waals surface area contributed by atoms with Crippen LogP contribution >= 0.6 is 0 Å². The Hall–Kier alpha value is -1.84. The SMILES string of the molecule is CCC(Oc1c(C)cccc1C=O)C(=O)O. The van der Waals surface area contributed by atoms with Gasteiger partial charge in [-0.25, -0.2) is 4.79 Å². The fourth-order valence-electron chi connectivity index (χ4n) is 1.38. The van der Waals surface area contributed by atoms with Crippen molar-refractivity contribution in [2.75, 3.05) is 0 Å². The van der Waals surface area contributed by atoms with Crippen LogP contribution in [0.5, 0.6) is 5.75 Å². The Morgan fingerprint density at radius 2 is 2.25 bits per heavy atom. The molecule has 0 amide bonds. The number of carboxylic acids is 1. The van der Waals surface area contributed by atoms with E-state index in [2.05, 4.69) is 0 Å². The number of para-hydroxylation sites is 1. The van der Waals surface area contributed by atoms with Crippen LogP contribution in [0.1, 0.15) is 29.3 Å². The van der Waals surface area contributed by atoms with Gasteiger partial charge in [-0.3, -0.25) is 4.79 Å². The molecule has 0 aromatic heterocycles. The number of ether oxygens (including phenoxy) is 1. The summed E-state index contributed by atoms with van der Waals surface area (Å²) < 4.78 is 5.35. The number of hydrogen-bond acceptors (Lipinski definition) is 3. The van der Waals surface area contributed by atoms with Gasteiger partial charge in [0.05, 0.1) is 5.56 Å². The van der Waals surface area contributed by atoms with E-state index in [1.807, 2.05) is 0 Å². The molecule has 1 aromatic rings. The minimum absolute atomic E-state index is 0.349. The molecule has 16 heavy (non-hydrogen) atoms. The zero-order valence-electron chi connectivity index (χ0n) is 9.27. The number of aliphatic carboxylic acids is 1. The Morgan fingerprint density at radius 3 is 2.75 bits per heavy atom. The van der Waals surface area contributed by atoms with Crippen LogP contribution in [0.4, 0.5) is 0 Å². The molecule has 0 aliphatic carbocycles. The van der Waals surface area contributed by atoms with E-state index in [9.17, 15) is 9.59 Å². The summed E-state index contributed by atoms with van der Waals surface area (Å²) in [7, 11) is 0. The average Bonchev–Trinajstić information content (AvgIpc) is 2.26. The quantitative estimate of drug-likeness (QED) is 0.774. The van der Waals surface area contributed by atoms with Crippen LogP contribution in [0.15, 0.2) is 18.2 Å². The monoisotopic (exact) mass is 222 g/mol. The second-order valence-corrected chi connectivity index (χ2v) is 3.46. The van der Waals surface area contributed by atoms with Gasteiger partial charge >= 0.3 is 5.97 Å². The van der Waals surface area contributed by atoms with Gasteiger partial charge in [0, 0.05) is 0 Å². The predicted octanol–water partition coefficient (Wildman–Crippen LogP) is 2.05. The number of benzene rings is 1. The summed E-state index contributed by atoms with van der Waals surface area (Å²) in [5.41, 5.74) is 1.13. The highest BCUT2D eigenvalue weighted by Crippen LogP contribution is 2.23. The Balaban J connectivity index is 3.03. The number of rotatable bonds is 5. The van der Waals surface area contributed by atoms with E-state index in [4.69, 9.17) is 9.84 Å². The largest absolute Gasteiger partial charge is 0.479 e. The predicted molar refractivity (Wildman–Crippen MR) is 58.9 cm³/mol. The first-order chi connectivity index (χ1) is 7.60. The first-order valence-corrected chi connectivity index (χ1v) is 5.04. The maximum atomic E-state index is 10.8. The van der Waals surface area contributed by atoms with Crippen LogP contribution in [0.2, 0.25) is 0 Å². The van der Waals surface area contributed by atoms with Gasteiger partial charge in [0.1, 0.15) is 5.75 Å². The molecule has 0 aliphatic rings. The summed E-state index contributed by atoms with van der Waals surface area (Å²) in [4.78, 5) is 21.6. The molecule has 1 atom stereocenters. The first-order valence-electron chi connectivity index (χ1n) is 5.04. The molecule has 4 nitrogen and oxygen atoms in total. The Labute approximate surface area is 93.9 Å². The van der Waals surface area contributed by atoms with Crippen molar-refractivity contribution in [2.24, 2.45) is 0 Å². The number of aryl methyl sites for hydroxylation is 1. The lowest BCUT2D eigenvalue weighted by Gasteiger charge is -2.16. The van der Waals surface area contributed by atoms with Crippen molar-refractivity contribution < 1.29 is 19.4 Å². The van der Waals surface area contributed by atoms with E-state index in [-0.39, 0.29) is 0 Å². The molecule has 4 heteroatoms. The van der Waals surface area contributed by atoms with Gasteiger partial charge in [-0.05, 0) is 25.0 Å². The maximum Gasteiger partial charge on any atom is 0.344 e. The van der Waals surface area contributed by atoms with E-state index >= 15 is 0 Å². The van der Waals surface area contributed by atoms with Crippen molar-refractivity contribution in [3.8, 4) is 5.75 Å². The van der Waals surface area contributed by atoms with Crippen LogP contribution in [-0.4, -0.2) is 23.5 Å². The number of carbonyl (C=O) groups is 2. The summed E-state index contributed by atoms with van der Waals surface area (Å²) in [6.45, 7) is 3.49. The Kier molecular flexibility index (Phi) is 4.05. The third-order valence-corrected chi connectivity index (χ3v) is 2.28. The van der Waals surface area contributed by atoms with Gasteiger partial charge in [0.25, 0.3) is 0 Å². The van der Waals surface area contributed by atoms with Crippen molar-refractivity contribution in [3.05, 3.63) is 29.3 Å². The highest BCUT2D eigenvalue weighted by atomic mass is 16.5. The third-order valence-electron chi connectivity index (χ3n) is 2.28. The van der Waals surface area contributed by atoms with Crippen LogP contribution in [0.3, 0.4) is 0 Å². The molecular formula is C12H14O4. The standard InChI is InChI=1S/C12H14O4/c1-3-10(12(14)15)16-11-8(2)5-4-6-9(11)7-13/h4-7,10H,3H2,1-2H3,(H,14,15). The zero-order valence-corrected chi connectivity index (χ0v) is 9.27. The summed E-state index contributed by atoms with van der Waals surface area (Å²) in [5.74, 6) is -0.672. The average molecular weight is 222 g/mol. The van der Waals surface area contributed by atoms with Crippen molar-refractivity contribution in [2.45, 2.75) is 26.4 Å². The van der Waals surface area contributed by atoms with E-state index in [1.165, 1.54) is 0 Å². The highest BCUT2D eigenvalue weighted by Gasteiger charge is 2.19. The third kappa shape index (κ3) is 2.59. The molecule has 1 unspecified atom stereocenters. The number of carbonyl (C=O) groups excluding carboxylic acids is 1. The Morgan fingerprint density at radius 1 is 1.56 bits per heavy atom. The first kappa shape index (κ1) is 12.2. The molecular weight excluding hydrogens is 208 g/mol. The summed E-state index contributed by atoms with van der Waals surface area (Å²) in [6, 6.07) is 5.11. The summed E-state index contributed by atoms with van der Waals surface area (Å²) in [5, 5.41) is 8.88. The van der Waals surface area contributed by atoms with Crippen molar-refractivity contribution in [1.29, 1.82) is 0 Å². The topological polar surface area (TPSA) is 63.6 Å². The van der Waals surface area contributed by atoms with Gasteiger partial charge in [0.15, 0.2) is 12.4 Å². The van der Waals surface area contributed by atoms with Crippen LogP contribution < -0.4 is 4.74 Å². The van der Waals surface area contributed by atoms with Crippen molar-refractivity contribution >= 4 is 12.3 Å². The molecule has 1 N–H and O–H groups in total.